The maximum atomic E-state index is 11.3. The van der Waals surface area contributed by atoms with Crippen molar-refractivity contribution >= 4 is 22.5 Å². The van der Waals surface area contributed by atoms with E-state index < -0.39 is 5.76 Å². The third-order valence-electron chi connectivity index (χ3n) is 4.73. The molecule has 2 aromatic rings. The molecule has 1 unspecified atom stereocenters. The molecule has 3 heterocycles. The average molecular weight is 288 g/mol. The van der Waals surface area contributed by atoms with Gasteiger partial charge in [-0.2, -0.15) is 0 Å². The maximum absolute atomic E-state index is 11.3. The second-order valence-corrected chi connectivity index (χ2v) is 6.05. The molecular formula is C15H20N4O2. The molecule has 2 aliphatic heterocycles. The molecule has 3 N–H and O–H groups in total. The minimum atomic E-state index is -0.432. The van der Waals surface area contributed by atoms with Crippen LogP contribution in [0.1, 0.15) is 19.3 Å². The molecule has 21 heavy (non-hydrogen) atoms. The zero-order chi connectivity index (χ0) is 14.4. The van der Waals surface area contributed by atoms with Gasteiger partial charge >= 0.3 is 5.76 Å². The molecule has 0 radical (unpaired) electrons. The number of oxazole rings is 1. The molecule has 0 bridgehead atoms. The van der Waals surface area contributed by atoms with Gasteiger partial charge < -0.3 is 15.1 Å². The van der Waals surface area contributed by atoms with Crippen molar-refractivity contribution in [2.45, 2.75) is 25.3 Å². The molecular weight excluding hydrogens is 268 g/mol. The highest BCUT2D eigenvalue weighted by Crippen LogP contribution is 2.32. The SMILES string of the molecule is Nc1cc2oc(=O)[nH]c2cc1N1CCC(N2CCCC2)C1. The van der Waals surface area contributed by atoms with Crippen LogP contribution < -0.4 is 16.4 Å². The van der Waals surface area contributed by atoms with Gasteiger partial charge in [0.25, 0.3) is 0 Å². The van der Waals surface area contributed by atoms with Gasteiger partial charge in [0, 0.05) is 25.2 Å². The third-order valence-corrected chi connectivity index (χ3v) is 4.73. The Morgan fingerprint density at radius 1 is 1.24 bits per heavy atom. The lowest BCUT2D eigenvalue weighted by Gasteiger charge is -2.25. The first-order valence-electron chi connectivity index (χ1n) is 7.62. The Morgan fingerprint density at radius 3 is 2.86 bits per heavy atom. The Bertz CT molecular complexity index is 714. The molecule has 0 amide bonds. The molecule has 1 aromatic heterocycles. The molecule has 0 saturated carbocycles. The number of nitrogens with two attached hydrogens (primary N) is 1. The van der Waals surface area contributed by atoms with E-state index in [1.54, 1.807) is 6.07 Å². The Labute approximate surface area is 122 Å². The Hall–Kier alpha value is -1.95. The normalized spacial score (nSPS) is 23.4. The van der Waals surface area contributed by atoms with Gasteiger partial charge in [0.2, 0.25) is 0 Å². The number of aromatic nitrogens is 1. The fraction of sp³-hybridized carbons (Fsp3) is 0.533. The summed E-state index contributed by atoms with van der Waals surface area (Å²) in [5.41, 5.74) is 9.06. The smallest absolute Gasteiger partial charge is 0.408 e. The lowest BCUT2D eigenvalue weighted by atomic mass is 10.2. The van der Waals surface area contributed by atoms with Crippen LogP contribution in [-0.2, 0) is 0 Å². The van der Waals surface area contributed by atoms with E-state index in [4.69, 9.17) is 10.2 Å². The molecule has 2 saturated heterocycles. The predicted molar refractivity (Wildman–Crippen MR) is 82.7 cm³/mol. The summed E-state index contributed by atoms with van der Waals surface area (Å²) in [6.45, 7) is 4.47. The molecule has 6 nitrogen and oxygen atoms in total. The van der Waals surface area contributed by atoms with Crippen LogP contribution in [0, 0.1) is 0 Å². The Kier molecular flexibility index (Phi) is 2.92. The highest BCUT2D eigenvalue weighted by atomic mass is 16.4. The predicted octanol–water partition coefficient (Wildman–Crippen LogP) is 1.38. The molecule has 1 atom stereocenters. The Morgan fingerprint density at radius 2 is 2.05 bits per heavy atom. The standard InChI is InChI=1S/C15H20N4O2/c16-11-7-14-12(17-15(20)21-14)8-13(11)19-6-3-10(9-19)18-4-1-2-5-18/h7-8,10H,1-6,9,16H2,(H,17,20). The van der Waals surface area contributed by atoms with Crippen LogP contribution in [0.15, 0.2) is 21.3 Å². The number of rotatable bonds is 2. The van der Waals surface area contributed by atoms with E-state index >= 15 is 0 Å². The number of hydrogen-bond acceptors (Lipinski definition) is 5. The van der Waals surface area contributed by atoms with Crippen molar-refractivity contribution in [1.82, 2.24) is 9.88 Å². The summed E-state index contributed by atoms with van der Waals surface area (Å²) in [5.74, 6) is -0.432. The number of likely N-dealkylation sites (tertiary alicyclic amines) is 1. The van der Waals surface area contributed by atoms with Gasteiger partial charge in [0.1, 0.15) is 0 Å². The van der Waals surface area contributed by atoms with E-state index in [0.717, 1.165) is 18.8 Å². The number of aromatic amines is 1. The number of fused-ring (bicyclic) bond motifs is 1. The number of benzene rings is 1. The average Bonchev–Trinajstić information content (AvgIpc) is 3.16. The van der Waals surface area contributed by atoms with Crippen LogP contribution in [0.2, 0.25) is 0 Å². The van der Waals surface area contributed by atoms with Gasteiger partial charge in [-0.1, -0.05) is 0 Å². The minimum absolute atomic E-state index is 0.432. The molecule has 2 fully saturated rings. The highest BCUT2D eigenvalue weighted by Gasteiger charge is 2.30. The molecule has 0 aliphatic carbocycles. The van der Waals surface area contributed by atoms with Gasteiger partial charge in [-0.3, -0.25) is 9.88 Å². The summed E-state index contributed by atoms with van der Waals surface area (Å²) in [5, 5.41) is 0. The van der Waals surface area contributed by atoms with Crippen LogP contribution >= 0.6 is 0 Å². The summed E-state index contributed by atoms with van der Waals surface area (Å²) in [6, 6.07) is 4.30. The van der Waals surface area contributed by atoms with Gasteiger partial charge in [-0.05, 0) is 38.4 Å². The number of nitrogen functional groups attached to an aromatic ring is 1. The number of anilines is 2. The molecule has 6 heteroatoms. The largest absolute Gasteiger partial charge is 0.417 e. The molecule has 2 aliphatic rings. The third kappa shape index (κ3) is 2.19. The van der Waals surface area contributed by atoms with Crippen molar-refractivity contribution in [2.75, 3.05) is 36.8 Å². The zero-order valence-electron chi connectivity index (χ0n) is 12.0. The van der Waals surface area contributed by atoms with Crippen molar-refractivity contribution in [3.63, 3.8) is 0 Å². The topological polar surface area (TPSA) is 78.5 Å². The van der Waals surface area contributed by atoms with Crippen molar-refractivity contribution in [1.29, 1.82) is 0 Å². The molecule has 0 spiro atoms. The van der Waals surface area contributed by atoms with Gasteiger partial charge in [0.15, 0.2) is 5.58 Å². The second-order valence-electron chi connectivity index (χ2n) is 6.05. The quantitative estimate of drug-likeness (QED) is 0.816. The van der Waals surface area contributed by atoms with E-state index in [1.165, 1.54) is 32.4 Å². The number of nitrogens with zero attached hydrogens (tertiary/aromatic N) is 2. The fourth-order valence-corrected chi connectivity index (χ4v) is 3.64. The Balaban J connectivity index is 1.61. The van der Waals surface area contributed by atoms with Gasteiger partial charge in [-0.15, -0.1) is 0 Å². The highest BCUT2D eigenvalue weighted by molar-refractivity contribution is 5.85. The number of H-pyrrole nitrogens is 1. The van der Waals surface area contributed by atoms with Gasteiger partial charge in [-0.25, -0.2) is 4.79 Å². The number of nitrogens with one attached hydrogen (secondary N) is 1. The van der Waals surface area contributed by atoms with Crippen LogP contribution in [0.25, 0.3) is 11.1 Å². The van der Waals surface area contributed by atoms with E-state index in [1.807, 2.05) is 6.07 Å². The van der Waals surface area contributed by atoms with Crippen LogP contribution in [0.4, 0.5) is 11.4 Å². The number of hydrogen-bond donors (Lipinski definition) is 2. The van der Waals surface area contributed by atoms with Crippen molar-refractivity contribution in [3.05, 3.63) is 22.7 Å². The first-order chi connectivity index (χ1) is 10.2. The fourth-order valence-electron chi connectivity index (χ4n) is 3.64. The first kappa shape index (κ1) is 12.8. The molecule has 4 rings (SSSR count). The summed E-state index contributed by atoms with van der Waals surface area (Å²) in [4.78, 5) is 18.9. The van der Waals surface area contributed by atoms with E-state index in [-0.39, 0.29) is 0 Å². The van der Waals surface area contributed by atoms with Crippen LogP contribution in [0.3, 0.4) is 0 Å². The summed E-state index contributed by atoms with van der Waals surface area (Å²) < 4.78 is 5.05. The van der Waals surface area contributed by atoms with Crippen molar-refractivity contribution in [3.8, 4) is 0 Å². The minimum Gasteiger partial charge on any atom is -0.408 e. The summed E-state index contributed by atoms with van der Waals surface area (Å²) in [7, 11) is 0. The van der Waals surface area contributed by atoms with Crippen LogP contribution in [0.5, 0.6) is 0 Å². The van der Waals surface area contributed by atoms with Crippen molar-refractivity contribution in [2.24, 2.45) is 0 Å². The van der Waals surface area contributed by atoms with Crippen molar-refractivity contribution < 1.29 is 4.42 Å². The summed E-state index contributed by atoms with van der Waals surface area (Å²) in [6.07, 6.45) is 3.82. The van der Waals surface area contributed by atoms with Crippen LogP contribution in [-0.4, -0.2) is 42.1 Å². The van der Waals surface area contributed by atoms with E-state index in [9.17, 15) is 4.79 Å². The van der Waals surface area contributed by atoms with E-state index in [0.29, 0.717) is 22.8 Å². The van der Waals surface area contributed by atoms with Gasteiger partial charge in [0.05, 0.1) is 16.9 Å². The monoisotopic (exact) mass is 288 g/mol. The lowest BCUT2D eigenvalue weighted by molar-refractivity contribution is 0.260. The lowest BCUT2D eigenvalue weighted by Crippen LogP contribution is -2.35. The van der Waals surface area contributed by atoms with E-state index in [2.05, 4.69) is 14.8 Å². The summed E-state index contributed by atoms with van der Waals surface area (Å²) >= 11 is 0. The maximum Gasteiger partial charge on any atom is 0.417 e. The first-order valence-corrected chi connectivity index (χ1v) is 7.62. The molecule has 1 aromatic carbocycles. The molecule has 112 valence electrons. The second kappa shape index (κ2) is 4.80. The zero-order valence-corrected chi connectivity index (χ0v) is 12.0.